The smallest absolute Gasteiger partial charge is 0.253 e. The Morgan fingerprint density at radius 3 is 2.79 bits per heavy atom. The minimum atomic E-state index is -0.260. The summed E-state index contributed by atoms with van der Waals surface area (Å²) in [4.78, 5) is 32.4. The summed E-state index contributed by atoms with van der Waals surface area (Å²) in [5.74, 6) is -0.274. The number of nitrogens with one attached hydrogen (secondary N) is 2. The monoisotopic (exact) mass is 353 g/mol. The molecule has 2 fully saturated rings. The number of hydrogen-bond donors (Lipinski definition) is 2. The molecule has 8 heteroatoms. The number of halogens is 1. The van der Waals surface area contributed by atoms with Gasteiger partial charge in [-0.05, 0) is 18.6 Å². The van der Waals surface area contributed by atoms with Gasteiger partial charge in [-0.2, -0.15) is 0 Å². The maximum atomic E-state index is 12.3. The lowest BCUT2D eigenvalue weighted by Crippen LogP contribution is -2.49. The van der Waals surface area contributed by atoms with Gasteiger partial charge in [-0.25, -0.2) is 0 Å². The van der Waals surface area contributed by atoms with Crippen LogP contribution >= 0.6 is 12.4 Å². The van der Waals surface area contributed by atoms with E-state index in [9.17, 15) is 9.59 Å². The van der Waals surface area contributed by atoms with Crippen LogP contribution in [0.1, 0.15) is 16.8 Å². The molecule has 1 aromatic heterocycles. The molecular weight excluding hydrogens is 330 g/mol. The fraction of sp³-hybridized carbons (Fsp3) is 0.562. The summed E-state index contributed by atoms with van der Waals surface area (Å²) in [5, 5.41) is 6.02. The fourth-order valence-electron chi connectivity index (χ4n) is 3.18. The number of amides is 2. The second-order valence-electron chi connectivity index (χ2n) is 5.99. The molecule has 0 aromatic carbocycles. The third-order valence-electron chi connectivity index (χ3n) is 4.51. The van der Waals surface area contributed by atoms with E-state index in [2.05, 4.69) is 20.5 Å². The highest BCUT2D eigenvalue weighted by atomic mass is 35.5. The van der Waals surface area contributed by atoms with Crippen LogP contribution in [0.25, 0.3) is 0 Å². The Balaban J connectivity index is 0.00000208. The second kappa shape index (κ2) is 8.96. The minimum Gasteiger partial charge on any atom is -0.343 e. The molecule has 7 nitrogen and oxygen atoms in total. The van der Waals surface area contributed by atoms with Crippen LogP contribution in [0.3, 0.4) is 0 Å². The van der Waals surface area contributed by atoms with Crippen LogP contribution in [0.15, 0.2) is 24.5 Å². The van der Waals surface area contributed by atoms with Crippen molar-refractivity contribution in [1.82, 2.24) is 25.4 Å². The molecule has 0 saturated carbocycles. The van der Waals surface area contributed by atoms with Crippen molar-refractivity contribution in [1.29, 1.82) is 0 Å². The maximum Gasteiger partial charge on any atom is 0.253 e. The zero-order valence-corrected chi connectivity index (χ0v) is 14.4. The van der Waals surface area contributed by atoms with E-state index in [4.69, 9.17) is 0 Å². The van der Waals surface area contributed by atoms with Gasteiger partial charge in [-0.15, -0.1) is 12.4 Å². The summed E-state index contributed by atoms with van der Waals surface area (Å²) in [6.45, 7) is 5.71. The van der Waals surface area contributed by atoms with Gasteiger partial charge in [0, 0.05) is 57.7 Å². The SMILES string of the molecule is Cl.O=C(NCC(=O)N1CCC(N2CCNCC2)C1)c1cccnc1. The Morgan fingerprint density at radius 2 is 2.08 bits per heavy atom. The van der Waals surface area contributed by atoms with E-state index >= 15 is 0 Å². The molecule has 132 valence electrons. The predicted molar refractivity (Wildman–Crippen MR) is 93.2 cm³/mol. The molecule has 1 atom stereocenters. The highest BCUT2D eigenvalue weighted by Crippen LogP contribution is 2.16. The van der Waals surface area contributed by atoms with Crippen LogP contribution in [-0.2, 0) is 4.79 Å². The molecular formula is C16H24ClN5O2. The molecule has 0 aliphatic carbocycles. The fourth-order valence-corrected chi connectivity index (χ4v) is 3.18. The molecule has 2 amide bonds. The van der Waals surface area contributed by atoms with Crippen LogP contribution in [0.4, 0.5) is 0 Å². The van der Waals surface area contributed by atoms with Crippen molar-refractivity contribution in [2.45, 2.75) is 12.5 Å². The van der Waals surface area contributed by atoms with Crippen molar-refractivity contribution in [2.24, 2.45) is 0 Å². The summed E-state index contributed by atoms with van der Waals surface area (Å²) in [6, 6.07) is 3.84. The van der Waals surface area contributed by atoms with Crippen LogP contribution in [0, 0.1) is 0 Å². The zero-order chi connectivity index (χ0) is 16.1. The van der Waals surface area contributed by atoms with Crippen LogP contribution < -0.4 is 10.6 Å². The maximum absolute atomic E-state index is 12.3. The van der Waals surface area contributed by atoms with Gasteiger partial charge in [0.15, 0.2) is 0 Å². The predicted octanol–water partition coefficient (Wildman–Crippen LogP) is -0.261. The Kier molecular flexibility index (Phi) is 6.96. The molecule has 24 heavy (non-hydrogen) atoms. The number of pyridine rings is 1. The van der Waals surface area contributed by atoms with Crippen molar-refractivity contribution in [2.75, 3.05) is 45.8 Å². The van der Waals surface area contributed by atoms with Crippen molar-refractivity contribution in [3.63, 3.8) is 0 Å². The number of nitrogens with zero attached hydrogens (tertiary/aromatic N) is 3. The molecule has 0 spiro atoms. The summed E-state index contributed by atoms with van der Waals surface area (Å²) in [7, 11) is 0. The van der Waals surface area contributed by atoms with Gasteiger partial charge in [0.25, 0.3) is 5.91 Å². The van der Waals surface area contributed by atoms with E-state index in [0.29, 0.717) is 11.6 Å². The van der Waals surface area contributed by atoms with Gasteiger partial charge in [0.05, 0.1) is 12.1 Å². The number of hydrogen-bond acceptors (Lipinski definition) is 5. The Hall–Kier alpha value is -1.70. The van der Waals surface area contributed by atoms with Crippen LogP contribution in [0.2, 0.25) is 0 Å². The topological polar surface area (TPSA) is 77.6 Å². The number of carbonyl (C=O) groups is 2. The molecule has 0 radical (unpaired) electrons. The van der Waals surface area contributed by atoms with Crippen molar-refractivity contribution < 1.29 is 9.59 Å². The number of aromatic nitrogens is 1. The van der Waals surface area contributed by atoms with Gasteiger partial charge >= 0.3 is 0 Å². The number of carbonyl (C=O) groups excluding carboxylic acids is 2. The van der Waals surface area contributed by atoms with Gasteiger partial charge in [0.2, 0.25) is 5.91 Å². The normalized spacial score (nSPS) is 21.2. The van der Waals surface area contributed by atoms with Crippen molar-refractivity contribution in [3.05, 3.63) is 30.1 Å². The zero-order valence-electron chi connectivity index (χ0n) is 13.6. The van der Waals surface area contributed by atoms with Gasteiger partial charge in [-0.1, -0.05) is 0 Å². The molecule has 2 saturated heterocycles. The lowest BCUT2D eigenvalue weighted by molar-refractivity contribution is -0.129. The van der Waals surface area contributed by atoms with E-state index in [1.807, 2.05) is 4.90 Å². The van der Waals surface area contributed by atoms with Gasteiger partial charge in [-0.3, -0.25) is 19.5 Å². The first-order valence-electron chi connectivity index (χ1n) is 8.15. The lowest BCUT2D eigenvalue weighted by Gasteiger charge is -2.32. The van der Waals surface area contributed by atoms with Crippen LogP contribution in [0.5, 0.6) is 0 Å². The standard InChI is InChI=1S/C16H23N5O2.ClH/c22-15(11-19-16(23)13-2-1-4-18-10-13)21-7-3-14(12-21)20-8-5-17-6-9-20;/h1-2,4,10,14,17H,3,5-9,11-12H2,(H,19,23);1H. The molecule has 0 bridgehead atoms. The van der Waals surface area contributed by atoms with Crippen molar-refractivity contribution >= 4 is 24.2 Å². The molecule has 1 unspecified atom stereocenters. The highest BCUT2D eigenvalue weighted by Gasteiger charge is 2.30. The summed E-state index contributed by atoms with van der Waals surface area (Å²) < 4.78 is 0. The largest absolute Gasteiger partial charge is 0.343 e. The average molecular weight is 354 g/mol. The Morgan fingerprint density at radius 1 is 1.29 bits per heavy atom. The van der Waals surface area contributed by atoms with Gasteiger partial charge in [0.1, 0.15) is 0 Å². The Bertz CT molecular complexity index is 551. The summed E-state index contributed by atoms with van der Waals surface area (Å²) >= 11 is 0. The minimum absolute atomic E-state index is 0. The van der Waals surface area contributed by atoms with E-state index < -0.39 is 0 Å². The average Bonchev–Trinajstić information content (AvgIpc) is 3.11. The van der Waals surface area contributed by atoms with Crippen LogP contribution in [-0.4, -0.2) is 78.5 Å². The second-order valence-corrected chi connectivity index (χ2v) is 5.99. The number of likely N-dealkylation sites (tertiary alicyclic amines) is 1. The van der Waals surface area contributed by atoms with E-state index in [1.165, 1.54) is 6.20 Å². The molecule has 3 heterocycles. The molecule has 3 rings (SSSR count). The first-order valence-corrected chi connectivity index (χ1v) is 8.15. The first-order chi connectivity index (χ1) is 11.2. The third kappa shape index (κ3) is 4.66. The van der Waals surface area contributed by atoms with E-state index in [1.54, 1.807) is 18.3 Å². The summed E-state index contributed by atoms with van der Waals surface area (Å²) in [5.41, 5.74) is 0.473. The quantitative estimate of drug-likeness (QED) is 0.780. The highest BCUT2D eigenvalue weighted by molar-refractivity contribution is 5.96. The molecule has 1 aromatic rings. The lowest BCUT2D eigenvalue weighted by atomic mass is 10.2. The first kappa shape index (κ1) is 18.6. The van der Waals surface area contributed by atoms with Gasteiger partial charge < -0.3 is 15.5 Å². The van der Waals surface area contributed by atoms with E-state index in [-0.39, 0.29) is 30.8 Å². The number of rotatable bonds is 4. The molecule has 2 aliphatic heterocycles. The van der Waals surface area contributed by atoms with E-state index in [0.717, 1.165) is 45.7 Å². The molecule has 2 N–H and O–H groups in total. The number of piperazine rings is 1. The van der Waals surface area contributed by atoms with Crippen molar-refractivity contribution in [3.8, 4) is 0 Å². The summed E-state index contributed by atoms with van der Waals surface area (Å²) in [6.07, 6.45) is 4.13. The third-order valence-corrected chi connectivity index (χ3v) is 4.51. The molecule has 2 aliphatic rings. The Labute approximate surface area is 148 Å².